The molecule has 1 aromatic rings. The molecular weight excluding hydrogens is 315 g/mol. The summed E-state index contributed by atoms with van der Waals surface area (Å²) in [5, 5.41) is 3.18. The molecule has 3 atom stereocenters. The van der Waals surface area contributed by atoms with Crippen LogP contribution in [0.25, 0.3) is 0 Å². The molecule has 4 rings (SSSR count). The summed E-state index contributed by atoms with van der Waals surface area (Å²) in [6.45, 7) is 2.69. The van der Waals surface area contributed by atoms with Crippen molar-refractivity contribution in [2.24, 2.45) is 0 Å². The van der Waals surface area contributed by atoms with Gasteiger partial charge in [-0.3, -0.25) is 10.2 Å². The van der Waals surface area contributed by atoms with Crippen LogP contribution in [0.3, 0.4) is 0 Å². The number of hydrazine groups is 1. The molecule has 0 bridgehead atoms. The molecule has 3 aliphatic rings. The maximum atomic E-state index is 12.9. The highest BCUT2D eigenvalue weighted by Gasteiger charge is 2.47. The van der Waals surface area contributed by atoms with Crippen molar-refractivity contribution in [1.82, 2.24) is 25.7 Å². The largest absolute Gasteiger partial charge is 0.371 e. The summed E-state index contributed by atoms with van der Waals surface area (Å²) in [5.41, 5.74) is 5.72. The predicted molar refractivity (Wildman–Crippen MR) is 83.4 cm³/mol. The SMILES string of the molecule is O=C(C1CCNN1)N1CCC2(CC(Nc3ncc(F)cn3)CO2)C1. The minimum Gasteiger partial charge on any atom is -0.371 e. The van der Waals surface area contributed by atoms with Gasteiger partial charge in [0.15, 0.2) is 5.82 Å². The number of carbonyl (C=O) groups is 1. The standard InChI is InChI=1S/C15H21FN6O2/c16-10-6-17-14(18-7-10)20-11-5-15(24-8-11)2-4-22(9-15)13(23)12-1-3-19-21-12/h6-7,11-12,19,21H,1-5,8-9H2,(H,17,18,20). The zero-order chi connectivity index (χ0) is 16.6. The van der Waals surface area contributed by atoms with Gasteiger partial charge in [0.2, 0.25) is 11.9 Å². The number of nitrogens with zero attached hydrogens (tertiary/aromatic N) is 3. The van der Waals surface area contributed by atoms with Gasteiger partial charge >= 0.3 is 0 Å². The summed E-state index contributed by atoms with van der Waals surface area (Å²) in [5.74, 6) is 0.0765. The summed E-state index contributed by atoms with van der Waals surface area (Å²) in [7, 11) is 0. The molecule has 1 amide bonds. The van der Waals surface area contributed by atoms with Crippen LogP contribution in [0.2, 0.25) is 0 Å². The first-order chi connectivity index (χ1) is 11.6. The Morgan fingerprint density at radius 3 is 3.04 bits per heavy atom. The second kappa shape index (κ2) is 6.23. The number of nitrogens with one attached hydrogen (secondary N) is 3. The highest BCUT2D eigenvalue weighted by atomic mass is 19.1. The fourth-order valence-corrected chi connectivity index (χ4v) is 3.71. The van der Waals surface area contributed by atoms with E-state index in [4.69, 9.17) is 4.74 Å². The van der Waals surface area contributed by atoms with Crippen LogP contribution in [-0.2, 0) is 9.53 Å². The Hall–Kier alpha value is -1.84. The van der Waals surface area contributed by atoms with Gasteiger partial charge in [0.1, 0.15) is 6.04 Å². The molecule has 8 nitrogen and oxygen atoms in total. The van der Waals surface area contributed by atoms with E-state index in [-0.39, 0.29) is 23.6 Å². The predicted octanol–water partition coefficient (Wildman–Crippen LogP) is -0.346. The molecule has 130 valence electrons. The monoisotopic (exact) mass is 336 g/mol. The molecule has 0 radical (unpaired) electrons. The number of hydrogen-bond acceptors (Lipinski definition) is 7. The van der Waals surface area contributed by atoms with E-state index in [0.29, 0.717) is 19.1 Å². The third-order valence-corrected chi connectivity index (χ3v) is 4.92. The number of amides is 1. The van der Waals surface area contributed by atoms with Gasteiger partial charge in [-0.15, -0.1) is 0 Å². The first-order valence-electron chi connectivity index (χ1n) is 8.29. The normalized spacial score (nSPS) is 32.6. The number of likely N-dealkylation sites (tertiary alicyclic amines) is 1. The first-order valence-corrected chi connectivity index (χ1v) is 8.29. The molecule has 3 aliphatic heterocycles. The zero-order valence-corrected chi connectivity index (χ0v) is 13.3. The number of hydrogen-bond donors (Lipinski definition) is 3. The molecule has 0 saturated carbocycles. The third kappa shape index (κ3) is 3.06. The van der Waals surface area contributed by atoms with Crippen LogP contribution in [0.4, 0.5) is 10.3 Å². The van der Waals surface area contributed by atoms with E-state index in [1.807, 2.05) is 4.90 Å². The Kier molecular flexibility index (Phi) is 4.07. The van der Waals surface area contributed by atoms with Crippen molar-refractivity contribution in [2.75, 3.05) is 31.6 Å². The van der Waals surface area contributed by atoms with E-state index in [2.05, 4.69) is 26.1 Å². The van der Waals surface area contributed by atoms with Crippen molar-refractivity contribution >= 4 is 11.9 Å². The van der Waals surface area contributed by atoms with Gasteiger partial charge in [-0.2, -0.15) is 0 Å². The van der Waals surface area contributed by atoms with Crippen molar-refractivity contribution in [1.29, 1.82) is 0 Å². The van der Waals surface area contributed by atoms with Crippen LogP contribution in [0.1, 0.15) is 19.3 Å². The van der Waals surface area contributed by atoms with Gasteiger partial charge < -0.3 is 15.0 Å². The first kappa shape index (κ1) is 15.7. The van der Waals surface area contributed by atoms with Gasteiger partial charge in [0.25, 0.3) is 0 Å². The lowest BCUT2D eigenvalue weighted by Crippen LogP contribution is -2.46. The molecule has 3 N–H and O–H groups in total. The quantitative estimate of drug-likeness (QED) is 0.695. The Morgan fingerprint density at radius 2 is 2.29 bits per heavy atom. The number of rotatable bonds is 3. The lowest BCUT2D eigenvalue weighted by Gasteiger charge is -2.25. The second-order valence-electron chi connectivity index (χ2n) is 6.69. The maximum Gasteiger partial charge on any atom is 0.241 e. The molecule has 3 unspecified atom stereocenters. The lowest BCUT2D eigenvalue weighted by atomic mass is 9.97. The summed E-state index contributed by atoms with van der Waals surface area (Å²) in [6, 6.07) is -0.0696. The zero-order valence-electron chi connectivity index (χ0n) is 13.3. The molecule has 1 spiro atoms. The molecule has 4 heterocycles. The van der Waals surface area contributed by atoms with E-state index in [1.54, 1.807) is 0 Å². The summed E-state index contributed by atoms with van der Waals surface area (Å²) in [6.07, 6.45) is 4.71. The van der Waals surface area contributed by atoms with Crippen LogP contribution in [-0.4, -0.2) is 64.7 Å². The van der Waals surface area contributed by atoms with Crippen LogP contribution in [0.5, 0.6) is 0 Å². The van der Waals surface area contributed by atoms with E-state index in [9.17, 15) is 9.18 Å². The molecule has 24 heavy (non-hydrogen) atoms. The molecule has 1 aromatic heterocycles. The van der Waals surface area contributed by atoms with Crippen molar-refractivity contribution < 1.29 is 13.9 Å². The van der Waals surface area contributed by atoms with Crippen molar-refractivity contribution in [3.05, 3.63) is 18.2 Å². The molecule has 0 aliphatic carbocycles. The third-order valence-electron chi connectivity index (χ3n) is 4.92. The van der Waals surface area contributed by atoms with E-state index < -0.39 is 5.82 Å². The van der Waals surface area contributed by atoms with Gasteiger partial charge in [-0.1, -0.05) is 0 Å². The average Bonchev–Trinajstić information content (AvgIpc) is 3.32. The fourth-order valence-electron chi connectivity index (χ4n) is 3.71. The van der Waals surface area contributed by atoms with Crippen molar-refractivity contribution in [3.63, 3.8) is 0 Å². The van der Waals surface area contributed by atoms with Gasteiger partial charge in [-0.05, 0) is 12.8 Å². The van der Waals surface area contributed by atoms with Gasteiger partial charge in [-0.25, -0.2) is 19.8 Å². The van der Waals surface area contributed by atoms with E-state index >= 15 is 0 Å². The topological polar surface area (TPSA) is 91.4 Å². The minimum atomic E-state index is -0.459. The van der Waals surface area contributed by atoms with Gasteiger partial charge in [0, 0.05) is 26.1 Å². The lowest BCUT2D eigenvalue weighted by molar-refractivity contribution is -0.133. The van der Waals surface area contributed by atoms with Gasteiger partial charge in [0.05, 0.1) is 30.6 Å². The van der Waals surface area contributed by atoms with E-state index in [1.165, 1.54) is 0 Å². The number of halogens is 1. The minimum absolute atomic E-state index is 0.0665. The van der Waals surface area contributed by atoms with Crippen LogP contribution >= 0.6 is 0 Å². The van der Waals surface area contributed by atoms with Crippen LogP contribution in [0, 0.1) is 5.82 Å². The van der Waals surface area contributed by atoms with Crippen molar-refractivity contribution in [2.45, 2.75) is 36.9 Å². The van der Waals surface area contributed by atoms with Crippen LogP contribution in [0.15, 0.2) is 12.4 Å². The Morgan fingerprint density at radius 1 is 1.46 bits per heavy atom. The molecule has 3 saturated heterocycles. The van der Waals surface area contributed by atoms with Crippen LogP contribution < -0.4 is 16.2 Å². The molecule has 3 fully saturated rings. The number of carbonyl (C=O) groups excluding carboxylic acids is 1. The smallest absolute Gasteiger partial charge is 0.241 e. The summed E-state index contributed by atoms with van der Waals surface area (Å²) >= 11 is 0. The Balaban J connectivity index is 1.34. The van der Waals surface area contributed by atoms with E-state index in [0.717, 1.165) is 44.7 Å². The Bertz CT molecular complexity index is 608. The second-order valence-corrected chi connectivity index (χ2v) is 6.69. The number of anilines is 1. The fraction of sp³-hybridized carbons (Fsp3) is 0.667. The highest BCUT2D eigenvalue weighted by Crippen LogP contribution is 2.36. The van der Waals surface area contributed by atoms with Crippen molar-refractivity contribution in [3.8, 4) is 0 Å². The summed E-state index contributed by atoms with van der Waals surface area (Å²) in [4.78, 5) is 22.2. The Labute approximate surface area is 139 Å². The highest BCUT2D eigenvalue weighted by molar-refractivity contribution is 5.82. The maximum absolute atomic E-state index is 12.9. The number of aromatic nitrogens is 2. The molecule has 0 aromatic carbocycles. The number of ether oxygens (including phenoxy) is 1. The average molecular weight is 336 g/mol. The molecular formula is C15H21FN6O2. The molecule has 9 heteroatoms. The summed E-state index contributed by atoms with van der Waals surface area (Å²) < 4.78 is 18.9.